The average Bonchev–Trinajstić information content (AvgIpc) is 2.99. The molecule has 8 heteroatoms. The molecule has 5 nitrogen and oxygen atoms in total. The van der Waals surface area contributed by atoms with E-state index in [1.807, 2.05) is 12.3 Å². The van der Waals surface area contributed by atoms with E-state index in [2.05, 4.69) is 9.97 Å². The van der Waals surface area contributed by atoms with Crippen molar-refractivity contribution in [2.75, 3.05) is 4.31 Å². The maximum Gasteiger partial charge on any atom is 0.266 e. The van der Waals surface area contributed by atoms with E-state index < -0.39 is 15.8 Å². The van der Waals surface area contributed by atoms with Crippen LogP contribution in [0.15, 0.2) is 59.1 Å². The normalized spacial score (nSPS) is 11.4. The number of aryl methyl sites for hydroxylation is 1. The molecule has 0 amide bonds. The summed E-state index contributed by atoms with van der Waals surface area (Å²) in [4.78, 5) is 8.27. The molecule has 0 aliphatic rings. The molecule has 0 saturated heterocycles. The summed E-state index contributed by atoms with van der Waals surface area (Å²) in [6.45, 7) is 1.92. The maximum atomic E-state index is 13.2. The second kappa shape index (κ2) is 6.66. The number of anilines is 1. The van der Waals surface area contributed by atoms with E-state index in [1.165, 1.54) is 58.4 Å². The van der Waals surface area contributed by atoms with Gasteiger partial charge in [-0.2, -0.15) is 0 Å². The lowest BCUT2D eigenvalue weighted by atomic mass is 10.3. The van der Waals surface area contributed by atoms with Crippen molar-refractivity contribution in [3.05, 3.63) is 70.7 Å². The summed E-state index contributed by atoms with van der Waals surface area (Å²) in [6, 6.07) is 8.36. The van der Waals surface area contributed by atoms with Crippen molar-refractivity contribution in [3.8, 4) is 0 Å². The zero-order valence-corrected chi connectivity index (χ0v) is 14.4. The van der Waals surface area contributed by atoms with Crippen LogP contribution in [-0.4, -0.2) is 18.4 Å². The molecule has 24 heavy (non-hydrogen) atoms. The molecule has 2 heterocycles. The minimum absolute atomic E-state index is 0.0627. The molecule has 0 spiro atoms. The largest absolute Gasteiger partial charge is 0.266 e. The molecule has 0 saturated carbocycles. The van der Waals surface area contributed by atoms with Gasteiger partial charge < -0.3 is 0 Å². The van der Waals surface area contributed by atoms with Crippen molar-refractivity contribution in [1.82, 2.24) is 9.97 Å². The quantitative estimate of drug-likeness (QED) is 0.697. The lowest BCUT2D eigenvalue weighted by Gasteiger charge is -2.23. The van der Waals surface area contributed by atoms with Crippen LogP contribution >= 0.6 is 11.3 Å². The minimum Gasteiger partial charge on any atom is -0.263 e. The van der Waals surface area contributed by atoms with Crippen molar-refractivity contribution in [2.45, 2.75) is 18.4 Å². The summed E-state index contributed by atoms with van der Waals surface area (Å²) >= 11 is 1.45. The number of rotatable bonds is 5. The lowest BCUT2D eigenvalue weighted by molar-refractivity contribution is 0.589. The van der Waals surface area contributed by atoms with E-state index in [0.29, 0.717) is 11.4 Å². The van der Waals surface area contributed by atoms with E-state index >= 15 is 0 Å². The number of halogens is 1. The molecule has 3 aromatic rings. The van der Waals surface area contributed by atoms with Crippen molar-refractivity contribution < 1.29 is 12.8 Å². The highest BCUT2D eigenvalue weighted by molar-refractivity contribution is 7.92. The molecule has 1 aromatic carbocycles. The van der Waals surface area contributed by atoms with Gasteiger partial charge in [-0.05, 0) is 43.3 Å². The number of hydrogen-bond donors (Lipinski definition) is 0. The van der Waals surface area contributed by atoms with Crippen LogP contribution in [0.25, 0.3) is 0 Å². The van der Waals surface area contributed by atoms with Crippen LogP contribution in [0.1, 0.15) is 10.7 Å². The van der Waals surface area contributed by atoms with Gasteiger partial charge in [-0.25, -0.2) is 17.8 Å². The monoisotopic (exact) mass is 363 g/mol. The van der Waals surface area contributed by atoms with Crippen molar-refractivity contribution in [2.24, 2.45) is 0 Å². The Labute approximate surface area is 143 Å². The smallest absolute Gasteiger partial charge is 0.263 e. The molecule has 2 aromatic heterocycles. The van der Waals surface area contributed by atoms with Crippen LogP contribution in [-0.2, 0) is 16.6 Å². The number of hydrogen-bond acceptors (Lipinski definition) is 5. The van der Waals surface area contributed by atoms with Gasteiger partial charge in [0.2, 0.25) is 0 Å². The first-order valence-corrected chi connectivity index (χ1v) is 9.38. The summed E-state index contributed by atoms with van der Waals surface area (Å²) in [5, 5.41) is 2.66. The first-order valence-electron chi connectivity index (χ1n) is 7.06. The predicted molar refractivity (Wildman–Crippen MR) is 90.9 cm³/mol. The number of pyridine rings is 1. The van der Waals surface area contributed by atoms with Gasteiger partial charge in [-0.3, -0.25) is 9.29 Å². The van der Waals surface area contributed by atoms with Crippen molar-refractivity contribution >= 4 is 27.0 Å². The Kier molecular flexibility index (Phi) is 4.59. The SMILES string of the molecule is Cc1nc(CN(c2ccc(F)cc2)S(=O)(=O)c2cccnc2)cs1. The van der Waals surface area contributed by atoms with Crippen LogP contribution in [0.3, 0.4) is 0 Å². The minimum atomic E-state index is -3.84. The number of aromatic nitrogens is 2. The standard InChI is InChI=1S/C16H14FN3O2S2/c1-12-19-14(11-23-12)10-20(15-6-4-13(17)5-7-15)24(21,22)16-3-2-8-18-9-16/h2-9,11H,10H2,1H3. The van der Waals surface area contributed by atoms with Crippen molar-refractivity contribution in [1.29, 1.82) is 0 Å². The van der Waals surface area contributed by atoms with Gasteiger partial charge in [-0.1, -0.05) is 0 Å². The zero-order chi connectivity index (χ0) is 17.2. The van der Waals surface area contributed by atoms with Crippen LogP contribution in [0.2, 0.25) is 0 Å². The molecule has 124 valence electrons. The summed E-state index contributed by atoms with van der Waals surface area (Å²) in [5.41, 5.74) is 1.00. The topological polar surface area (TPSA) is 63.2 Å². The molecule has 0 atom stereocenters. The van der Waals surface area contributed by atoms with Gasteiger partial charge >= 0.3 is 0 Å². The van der Waals surface area contributed by atoms with E-state index in [4.69, 9.17) is 0 Å². The number of thiazole rings is 1. The maximum absolute atomic E-state index is 13.2. The van der Waals surface area contributed by atoms with E-state index in [-0.39, 0.29) is 11.4 Å². The van der Waals surface area contributed by atoms with E-state index in [9.17, 15) is 12.8 Å². The molecule has 0 unspecified atom stereocenters. The molecule has 3 rings (SSSR count). The highest BCUT2D eigenvalue weighted by atomic mass is 32.2. The van der Waals surface area contributed by atoms with E-state index in [1.54, 1.807) is 6.07 Å². The molecule has 0 aliphatic carbocycles. The third-order valence-corrected chi connectivity index (χ3v) is 5.89. The summed E-state index contributed by atoms with van der Waals surface area (Å²) in [5.74, 6) is -0.429. The molecule has 0 aliphatic heterocycles. The Morgan fingerprint density at radius 1 is 1.21 bits per heavy atom. The van der Waals surface area contributed by atoms with E-state index in [0.717, 1.165) is 5.01 Å². The highest BCUT2D eigenvalue weighted by Gasteiger charge is 2.26. The van der Waals surface area contributed by atoms with Gasteiger partial charge in [-0.15, -0.1) is 11.3 Å². The van der Waals surface area contributed by atoms with Crippen LogP contribution in [0.4, 0.5) is 10.1 Å². The predicted octanol–water partition coefficient (Wildman–Crippen LogP) is 3.38. The number of nitrogens with zero attached hydrogens (tertiary/aromatic N) is 3. The summed E-state index contributed by atoms with van der Waals surface area (Å²) in [7, 11) is -3.84. The number of benzene rings is 1. The van der Waals surface area contributed by atoms with Crippen LogP contribution in [0.5, 0.6) is 0 Å². The molecule has 0 N–H and O–H groups in total. The van der Waals surface area contributed by atoms with Gasteiger partial charge in [0.25, 0.3) is 10.0 Å². The molecule has 0 fully saturated rings. The average molecular weight is 363 g/mol. The number of sulfonamides is 1. The second-order valence-electron chi connectivity index (χ2n) is 5.03. The molecule has 0 radical (unpaired) electrons. The van der Waals surface area contributed by atoms with Crippen molar-refractivity contribution in [3.63, 3.8) is 0 Å². The molecule has 0 bridgehead atoms. The van der Waals surface area contributed by atoms with Gasteiger partial charge in [0.05, 0.1) is 22.9 Å². The second-order valence-corrected chi connectivity index (χ2v) is 7.96. The Morgan fingerprint density at radius 2 is 1.96 bits per heavy atom. The fourth-order valence-corrected chi connectivity index (χ4v) is 4.18. The molecular formula is C16H14FN3O2S2. The fourth-order valence-electron chi connectivity index (χ4n) is 2.18. The summed E-state index contributed by atoms with van der Waals surface area (Å²) < 4.78 is 40.4. The Hall–Kier alpha value is -2.32. The summed E-state index contributed by atoms with van der Waals surface area (Å²) in [6.07, 6.45) is 2.79. The first kappa shape index (κ1) is 16.5. The Balaban J connectivity index is 2.06. The van der Waals surface area contributed by atoms with Crippen LogP contribution in [0, 0.1) is 12.7 Å². The van der Waals surface area contributed by atoms with Gasteiger partial charge in [0.15, 0.2) is 0 Å². The zero-order valence-electron chi connectivity index (χ0n) is 12.8. The van der Waals surface area contributed by atoms with Crippen LogP contribution < -0.4 is 4.31 Å². The Bertz CT molecular complexity index is 925. The lowest BCUT2D eigenvalue weighted by Crippen LogP contribution is -2.30. The first-order chi connectivity index (χ1) is 11.5. The van der Waals surface area contributed by atoms with Gasteiger partial charge in [0.1, 0.15) is 10.7 Å². The molecular weight excluding hydrogens is 349 g/mol. The third kappa shape index (κ3) is 3.44. The third-order valence-electron chi connectivity index (χ3n) is 3.31. The Morgan fingerprint density at radius 3 is 2.54 bits per heavy atom. The van der Waals surface area contributed by atoms with Gasteiger partial charge in [0, 0.05) is 17.8 Å². The highest BCUT2D eigenvalue weighted by Crippen LogP contribution is 2.26. The fraction of sp³-hybridized carbons (Fsp3) is 0.125.